The average molecular weight is 443 g/mol. The lowest BCUT2D eigenvalue weighted by Crippen LogP contribution is -1.99. The number of unbranched alkanes of at least 4 members (excludes halogenated alkanes) is 7. The second-order valence-corrected chi connectivity index (χ2v) is 8.33. The number of benzene rings is 2. The van der Waals surface area contributed by atoms with Crippen LogP contribution in [0.2, 0.25) is 0 Å². The molecule has 0 aromatic heterocycles. The molecule has 0 spiro atoms. The van der Waals surface area contributed by atoms with E-state index in [9.17, 15) is 0 Å². The van der Waals surface area contributed by atoms with Gasteiger partial charge in [-0.15, -0.1) is 0 Å². The number of rotatable bonds is 17. The number of aryl methyl sites for hydroxylation is 1. The number of hydrogen-bond acceptors (Lipinski definition) is 4. The summed E-state index contributed by atoms with van der Waals surface area (Å²) in [5, 5.41) is 0. The molecule has 0 bridgehead atoms. The van der Waals surface area contributed by atoms with E-state index in [-0.39, 0.29) is 0 Å². The minimum Gasteiger partial charge on any atom is -0.496 e. The zero-order valence-electron chi connectivity index (χ0n) is 20.6. The largest absolute Gasteiger partial charge is 0.496 e. The molecule has 0 unspecified atom stereocenters. The van der Waals surface area contributed by atoms with Crippen molar-refractivity contribution in [2.24, 2.45) is 0 Å². The predicted octanol–water partition coefficient (Wildman–Crippen LogP) is 7.41. The van der Waals surface area contributed by atoms with Gasteiger partial charge in [0.05, 0.1) is 27.9 Å². The van der Waals surface area contributed by atoms with Gasteiger partial charge in [0.25, 0.3) is 0 Å². The minimum atomic E-state index is 0.757. The molecule has 0 heterocycles. The van der Waals surface area contributed by atoms with Crippen molar-refractivity contribution in [3.8, 4) is 23.0 Å². The third-order valence-corrected chi connectivity index (χ3v) is 5.90. The van der Waals surface area contributed by atoms with Crippen molar-refractivity contribution in [3.63, 3.8) is 0 Å². The SMILES string of the molecule is CCCCCc1ccc(OCCCCCCCCc2c(OC)cc(OC)cc2OC)cc1. The highest BCUT2D eigenvalue weighted by Gasteiger charge is 2.12. The highest BCUT2D eigenvalue weighted by molar-refractivity contribution is 5.50. The second kappa shape index (κ2) is 15.4. The van der Waals surface area contributed by atoms with Gasteiger partial charge in [-0.25, -0.2) is 0 Å². The number of methoxy groups -OCH3 is 3. The van der Waals surface area contributed by atoms with Gasteiger partial charge in [-0.05, 0) is 49.8 Å². The van der Waals surface area contributed by atoms with Crippen molar-refractivity contribution in [2.75, 3.05) is 27.9 Å². The summed E-state index contributed by atoms with van der Waals surface area (Å²) in [6, 6.07) is 12.5. The molecule has 0 N–H and O–H groups in total. The van der Waals surface area contributed by atoms with Gasteiger partial charge >= 0.3 is 0 Å². The van der Waals surface area contributed by atoms with Crippen molar-refractivity contribution in [2.45, 2.75) is 77.6 Å². The van der Waals surface area contributed by atoms with Crippen LogP contribution in [-0.2, 0) is 12.8 Å². The highest BCUT2D eigenvalue weighted by atomic mass is 16.5. The van der Waals surface area contributed by atoms with Crippen molar-refractivity contribution in [1.82, 2.24) is 0 Å². The normalized spacial score (nSPS) is 10.8. The Hall–Kier alpha value is -2.36. The van der Waals surface area contributed by atoms with Crippen LogP contribution in [0.25, 0.3) is 0 Å². The van der Waals surface area contributed by atoms with E-state index in [0.29, 0.717) is 0 Å². The van der Waals surface area contributed by atoms with Crippen LogP contribution in [0.3, 0.4) is 0 Å². The maximum atomic E-state index is 5.90. The van der Waals surface area contributed by atoms with Crippen LogP contribution in [0, 0.1) is 0 Å². The van der Waals surface area contributed by atoms with Crippen molar-refractivity contribution < 1.29 is 18.9 Å². The standard InChI is InChI=1S/C28H42O4/c1-5-6-11-14-23-16-18-24(19-17-23)32-20-13-10-8-7-9-12-15-26-27(30-3)21-25(29-2)22-28(26)31-4/h16-19,21-22H,5-15,20H2,1-4H3. The van der Waals surface area contributed by atoms with Crippen molar-refractivity contribution in [3.05, 3.63) is 47.5 Å². The van der Waals surface area contributed by atoms with E-state index in [1.165, 1.54) is 56.9 Å². The Morgan fingerprint density at radius 1 is 0.594 bits per heavy atom. The molecule has 0 aliphatic rings. The van der Waals surface area contributed by atoms with Crippen LogP contribution in [0.1, 0.15) is 75.8 Å². The van der Waals surface area contributed by atoms with E-state index >= 15 is 0 Å². The molecule has 32 heavy (non-hydrogen) atoms. The van der Waals surface area contributed by atoms with E-state index in [1.807, 2.05) is 12.1 Å². The molecule has 0 aliphatic heterocycles. The van der Waals surface area contributed by atoms with Gasteiger partial charge in [0.15, 0.2) is 0 Å². The first-order valence-corrected chi connectivity index (χ1v) is 12.2. The molecule has 178 valence electrons. The second-order valence-electron chi connectivity index (χ2n) is 8.33. The lowest BCUT2D eigenvalue weighted by Gasteiger charge is -2.15. The molecule has 0 radical (unpaired) electrons. The lowest BCUT2D eigenvalue weighted by atomic mass is 10.0. The Kier molecular flexibility index (Phi) is 12.5. The molecule has 4 nitrogen and oxygen atoms in total. The van der Waals surface area contributed by atoms with Gasteiger partial charge < -0.3 is 18.9 Å². The van der Waals surface area contributed by atoms with Gasteiger partial charge in [-0.2, -0.15) is 0 Å². The summed E-state index contributed by atoms with van der Waals surface area (Å²) in [6.45, 7) is 3.05. The molecule has 0 aliphatic carbocycles. The first-order valence-electron chi connectivity index (χ1n) is 12.2. The molecule has 0 fully saturated rings. The molecule has 0 saturated heterocycles. The summed E-state index contributed by atoms with van der Waals surface area (Å²) in [7, 11) is 5.05. The van der Waals surface area contributed by atoms with Crippen LogP contribution >= 0.6 is 0 Å². The maximum Gasteiger partial charge on any atom is 0.129 e. The van der Waals surface area contributed by atoms with Gasteiger partial charge in [0.1, 0.15) is 23.0 Å². The van der Waals surface area contributed by atoms with E-state index < -0.39 is 0 Å². The molecular formula is C28H42O4. The molecule has 2 aromatic rings. The van der Waals surface area contributed by atoms with Crippen LogP contribution in [0.15, 0.2) is 36.4 Å². The van der Waals surface area contributed by atoms with Gasteiger partial charge in [0.2, 0.25) is 0 Å². The quantitative estimate of drug-likeness (QED) is 0.239. The first-order chi connectivity index (χ1) is 15.7. The summed E-state index contributed by atoms with van der Waals surface area (Å²) in [4.78, 5) is 0. The van der Waals surface area contributed by atoms with Gasteiger partial charge in [-0.1, -0.05) is 57.6 Å². The third-order valence-electron chi connectivity index (χ3n) is 5.90. The fraction of sp³-hybridized carbons (Fsp3) is 0.571. The van der Waals surface area contributed by atoms with E-state index in [1.54, 1.807) is 21.3 Å². The zero-order chi connectivity index (χ0) is 23.0. The summed E-state index contributed by atoms with van der Waals surface area (Å²) in [5.41, 5.74) is 2.54. The molecule has 0 atom stereocenters. The average Bonchev–Trinajstić information content (AvgIpc) is 2.83. The van der Waals surface area contributed by atoms with Crippen LogP contribution in [0.4, 0.5) is 0 Å². The predicted molar refractivity (Wildman–Crippen MR) is 133 cm³/mol. The molecule has 2 aromatic carbocycles. The van der Waals surface area contributed by atoms with Crippen LogP contribution in [-0.4, -0.2) is 27.9 Å². The monoisotopic (exact) mass is 442 g/mol. The first kappa shape index (κ1) is 25.9. The molecule has 4 heteroatoms. The minimum absolute atomic E-state index is 0.757. The fourth-order valence-corrected chi connectivity index (χ4v) is 3.96. The maximum absolute atomic E-state index is 5.90. The summed E-state index contributed by atoms with van der Waals surface area (Å²) >= 11 is 0. The van der Waals surface area contributed by atoms with Crippen LogP contribution < -0.4 is 18.9 Å². The fourth-order valence-electron chi connectivity index (χ4n) is 3.96. The van der Waals surface area contributed by atoms with E-state index in [2.05, 4.69) is 31.2 Å². The summed E-state index contributed by atoms with van der Waals surface area (Å²) in [5.74, 6) is 3.43. The Bertz CT molecular complexity index is 730. The summed E-state index contributed by atoms with van der Waals surface area (Å²) in [6.07, 6.45) is 13.1. The zero-order valence-corrected chi connectivity index (χ0v) is 20.6. The topological polar surface area (TPSA) is 36.9 Å². The number of hydrogen-bond donors (Lipinski definition) is 0. The van der Waals surface area contributed by atoms with Gasteiger partial charge in [-0.3, -0.25) is 0 Å². The number of ether oxygens (including phenoxy) is 4. The lowest BCUT2D eigenvalue weighted by molar-refractivity contribution is 0.304. The van der Waals surface area contributed by atoms with Crippen molar-refractivity contribution >= 4 is 0 Å². The molecule has 0 saturated carbocycles. The van der Waals surface area contributed by atoms with Gasteiger partial charge in [0, 0.05) is 17.7 Å². The smallest absolute Gasteiger partial charge is 0.129 e. The molecule has 2 rings (SSSR count). The van der Waals surface area contributed by atoms with Crippen molar-refractivity contribution in [1.29, 1.82) is 0 Å². The molecular weight excluding hydrogens is 400 g/mol. The Balaban J connectivity index is 1.57. The Morgan fingerprint density at radius 3 is 1.78 bits per heavy atom. The Labute approximate surface area is 195 Å². The highest BCUT2D eigenvalue weighted by Crippen LogP contribution is 2.35. The molecule has 0 amide bonds. The Morgan fingerprint density at radius 2 is 1.19 bits per heavy atom. The van der Waals surface area contributed by atoms with Crippen LogP contribution in [0.5, 0.6) is 23.0 Å². The van der Waals surface area contributed by atoms with E-state index in [0.717, 1.165) is 54.4 Å². The summed E-state index contributed by atoms with van der Waals surface area (Å²) < 4.78 is 22.3. The third kappa shape index (κ3) is 9.02. The van der Waals surface area contributed by atoms with E-state index in [4.69, 9.17) is 18.9 Å².